The molecule has 1 amide bonds. The lowest BCUT2D eigenvalue weighted by molar-refractivity contribution is -0.122. The third-order valence-corrected chi connectivity index (χ3v) is 5.10. The third-order valence-electron chi connectivity index (χ3n) is 5.10. The predicted octanol–water partition coefficient (Wildman–Crippen LogP) is 2.50. The Morgan fingerprint density at radius 1 is 1.30 bits per heavy atom. The molecule has 6 heteroatoms. The van der Waals surface area contributed by atoms with E-state index >= 15 is 0 Å². The molecule has 1 aliphatic rings. The van der Waals surface area contributed by atoms with Crippen molar-refractivity contribution in [1.82, 2.24) is 20.1 Å². The molecule has 140 valence electrons. The lowest BCUT2D eigenvalue weighted by Gasteiger charge is -2.20. The van der Waals surface area contributed by atoms with Crippen molar-refractivity contribution in [3.05, 3.63) is 60.0 Å². The number of rotatable bonds is 6. The Bertz CT molecular complexity index is 931. The van der Waals surface area contributed by atoms with Gasteiger partial charge in [0, 0.05) is 36.7 Å². The number of pyridine rings is 1. The molecule has 1 aliphatic heterocycles. The Labute approximate surface area is 158 Å². The zero-order valence-electron chi connectivity index (χ0n) is 15.5. The molecule has 0 radical (unpaired) electrons. The first-order chi connectivity index (χ1) is 13.2. The van der Waals surface area contributed by atoms with Crippen molar-refractivity contribution in [3.8, 4) is 0 Å². The lowest BCUT2D eigenvalue weighted by Crippen LogP contribution is -2.40. The van der Waals surface area contributed by atoms with Gasteiger partial charge in [-0.25, -0.2) is 0 Å². The number of ether oxygens (including phenoxy) is 1. The summed E-state index contributed by atoms with van der Waals surface area (Å²) in [6.07, 6.45) is 6.89. The number of fused-ring (bicyclic) bond motifs is 1. The predicted molar refractivity (Wildman–Crippen MR) is 103 cm³/mol. The lowest BCUT2D eigenvalue weighted by atomic mass is 9.93. The highest BCUT2D eigenvalue weighted by Crippen LogP contribution is 2.24. The molecule has 1 N–H and O–H groups in total. The SMILES string of the molecule is Cc1cnn(CCC(=O)N[C@H]2COC[C@H]2Cc2ccnc3ccccc23)c1. The van der Waals surface area contributed by atoms with E-state index in [9.17, 15) is 4.79 Å². The van der Waals surface area contributed by atoms with Gasteiger partial charge < -0.3 is 10.1 Å². The minimum absolute atomic E-state index is 0.0447. The number of hydrogen-bond donors (Lipinski definition) is 1. The number of hydrogen-bond acceptors (Lipinski definition) is 4. The Hall–Kier alpha value is -2.73. The van der Waals surface area contributed by atoms with Gasteiger partial charge >= 0.3 is 0 Å². The van der Waals surface area contributed by atoms with Gasteiger partial charge in [-0.15, -0.1) is 0 Å². The standard InChI is InChI=1S/C21H24N4O2/c1-15-11-23-25(12-15)9-7-21(26)24-20-14-27-13-17(20)10-16-6-8-22-19-5-3-2-4-18(16)19/h2-6,8,11-12,17,20H,7,9-10,13-14H2,1H3,(H,24,26)/t17-,20+/m1/s1. The Kier molecular flexibility index (Phi) is 5.16. The van der Waals surface area contributed by atoms with Gasteiger partial charge in [-0.1, -0.05) is 18.2 Å². The van der Waals surface area contributed by atoms with Gasteiger partial charge in [0.1, 0.15) is 0 Å². The van der Waals surface area contributed by atoms with Crippen LogP contribution in [0.4, 0.5) is 0 Å². The smallest absolute Gasteiger partial charge is 0.222 e. The maximum atomic E-state index is 12.4. The van der Waals surface area contributed by atoms with Crippen LogP contribution in [0.25, 0.3) is 10.9 Å². The van der Waals surface area contributed by atoms with Crippen molar-refractivity contribution in [2.75, 3.05) is 13.2 Å². The number of amides is 1. The topological polar surface area (TPSA) is 69.0 Å². The minimum atomic E-state index is 0.0447. The number of carbonyl (C=O) groups excluding carboxylic acids is 1. The van der Waals surface area contributed by atoms with Gasteiger partial charge in [0.05, 0.1) is 31.0 Å². The molecule has 4 rings (SSSR count). The maximum absolute atomic E-state index is 12.4. The number of nitrogens with one attached hydrogen (secondary N) is 1. The summed E-state index contributed by atoms with van der Waals surface area (Å²) in [5, 5.41) is 8.55. The molecule has 3 heterocycles. The first-order valence-electron chi connectivity index (χ1n) is 9.38. The molecule has 1 fully saturated rings. The van der Waals surface area contributed by atoms with Crippen molar-refractivity contribution in [2.24, 2.45) is 5.92 Å². The fourth-order valence-electron chi connectivity index (χ4n) is 3.66. The van der Waals surface area contributed by atoms with Crippen LogP contribution in [-0.4, -0.2) is 39.9 Å². The molecule has 2 atom stereocenters. The summed E-state index contributed by atoms with van der Waals surface area (Å²) in [5.74, 6) is 0.315. The quantitative estimate of drug-likeness (QED) is 0.730. The fourth-order valence-corrected chi connectivity index (χ4v) is 3.66. The molecular weight excluding hydrogens is 340 g/mol. The summed E-state index contributed by atoms with van der Waals surface area (Å²) < 4.78 is 7.48. The van der Waals surface area contributed by atoms with E-state index in [0.29, 0.717) is 26.2 Å². The van der Waals surface area contributed by atoms with E-state index in [1.807, 2.05) is 37.5 Å². The van der Waals surface area contributed by atoms with Crippen molar-refractivity contribution >= 4 is 16.8 Å². The van der Waals surface area contributed by atoms with E-state index < -0.39 is 0 Å². The number of nitrogens with zero attached hydrogens (tertiary/aromatic N) is 3. The highest BCUT2D eigenvalue weighted by atomic mass is 16.5. The minimum Gasteiger partial charge on any atom is -0.379 e. The van der Waals surface area contributed by atoms with Crippen LogP contribution in [0.5, 0.6) is 0 Å². The molecule has 0 spiro atoms. The average Bonchev–Trinajstić information content (AvgIpc) is 3.29. The third kappa shape index (κ3) is 4.17. The summed E-state index contributed by atoms with van der Waals surface area (Å²) in [6.45, 7) is 3.82. The first kappa shape index (κ1) is 17.7. The Balaban J connectivity index is 1.37. The van der Waals surface area contributed by atoms with Crippen molar-refractivity contribution < 1.29 is 9.53 Å². The van der Waals surface area contributed by atoms with Crippen LogP contribution in [0.3, 0.4) is 0 Å². The number of aromatic nitrogens is 3. The summed E-state index contributed by atoms with van der Waals surface area (Å²) >= 11 is 0. The van der Waals surface area contributed by atoms with E-state index in [1.165, 1.54) is 10.9 Å². The molecule has 3 aromatic rings. The van der Waals surface area contributed by atoms with Gasteiger partial charge in [-0.3, -0.25) is 14.5 Å². The summed E-state index contributed by atoms with van der Waals surface area (Å²) in [7, 11) is 0. The molecule has 2 aromatic heterocycles. The first-order valence-corrected chi connectivity index (χ1v) is 9.38. The summed E-state index contributed by atoms with van der Waals surface area (Å²) in [6, 6.07) is 10.3. The van der Waals surface area contributed by atoms with Crippen molar-refractivity contribution in [1.29, 1.82) is 0 Å². The molecular formula is C21H24N4O2. The second-order valence-electron chi connectivity index (χ2n) is 7.19. The van der Waals surface area contributed by atoms with E-state index in [4.69, 9.17) is 4.74 Å². The zero-order valence-corrected chi connectivity index (χ0v) is 15.5. The van der Waals surface area contributed by atoms with Crippen molar-refractivity contribution in [3.63, 3.8) is 0 Å². The van der Waals surface area contributed by atoms with Gasteiger partial charge in [-0.2, -0.15) is 5.10 Å². The van der Waals surface area contributed by atoms with Crippen LogP contribution < -0.4 is 5.32 Å². The molecule has 0 unspecified atom stereocenters. The zero-order chi connectivity index (χ0) is 18.6. The monoisotopic (exact) mass is 364 g/mol. The second kappa shape index (κ2) is 7.88. The van der Waals surface area contributed by atoms with E-state index in [1.54, 1.807) is 10.9 Å². The van der Waals surface area contributed by atoms with E-state index in [-0.39, 0.29) is 17.9 Å². The molecule has 0 aliphatic carbocycles. The van der Waals surface area contributed by atoms with Crippen LogP contribution in [0.1, 0.15) is 17.5 Å². The van der Waals surface area contributed by atoms with Gasteiger partial charge in [0.25, 0.3) is 0 Å². The van der Waals surface area contributed by atoms with Gasteiger partial charge in [-0.05, 0) is 36.6 Å². The van der Waals surface area contributed by atoms with Crippen LogP contribution in [0.2, 0.25) is 0 Å². The number of aryl methyl sites for hydroxylation is 2. The van der Waals surface area contributed by atoms with Crippen molar-refractivity contribution in [2.45, 2.75) is 32.4 Å². The highest BCUT2D eigenvalue weighted by molar-refractivity contribution is 5.81. The van der Waals surface area contributed by atoms with Gasteiger partial charge in [0.15, 0.2) is 0 Å². The highest BCUT2D eigenvalue weighted by Gasteiger charge is 2.30. The molecule has 0 bridgehead atoms. The second-order valence-corrected chi connectivity index (χ2v) is 7.19. The van der Waals surface area contributed by atoms with Crippen LogP contribution in [-0.2, 0) is 22.5 Å². The van der Waals surface area contributed by atoms with Gasteiger partial charge in [0.2, 0.25) is 5.91 Å². The number of benzene rings is 1. The largest absolute Gasteiger partial charge is 0.379 e. The van der Waals surface area contributed by atoms with Crippen LogP contribution >= 0.6 is 0 Å². The number of para-hydroxylation sites is 1. The Morgan fingerprint density at radius 3 is 3.04 bits per heavy atom. The van der Waals surface area contributed by atoms with E-state index in [0.717, 1.165) is 17.5 Å². The Morgan fingerprint density at radius 2 is 2.19 bits per heavy atom. The van der Waals surface area contributed by atoms with Crippen LogP contribution in [0, 0.1) is 12.8 Å². The molecule has 6 nitrogen and oxygen atoms in total. The summed E-state index contributed by atoms with van der Waals surface area (Å²) in [5.41, 5.74) is 3.36. The molecule has 27 heavy (non-hydrogen) atoms. The number of carbonyl (C=O) groups is 1. The fraction of sp³-hybridized carbons (Fsp3) is 0.381. The summed E-state index contributed by atoms with van der Waals surface area (Å²) in [4.78, 5) is 16.8. The average molecular weight is 364 g/mol. The van der Waals surface area contributed by atoms with E-state index in [2.05, 4.69) is 27.5 Å². The molecule has 1 saturated heterocycles. The normalized spacial score (nSPS) is 19.4. The maximum Gasteiger partial charge on any atom is 0.222 e. The molecule has 0 saturated carbocycles. The van der Waals surface area contributed by atoms with Crippen LogP contribution in [0.15, 0.2) is 48.9 Å². The molecule has 1 aromatic carbocycles.